The third kappa shape index (κ3) is 2.52. The molecule has 0 aromatic heterocycles. The Morgan fingerprint density at radius 1 is 1.27 bits per heavy atom. The topological polar surface area (TPSA) is 46.2 Å². The lowest BCUT2D eigenvalue weighted by Gasteiger charge is -2.13. The van der Waals surface area contributed by atoms with Crippen LogP contribution in [0.1, 0.15) is 32.8 Å². The van der Waals surface area contributed by atoms with Crippen LogP contribution in [0.4, 0.5) is 0 Å². The number of amides is 1. The van der Waals surface area contributed by atoms with E-state index in [0.29, 0.717) is 24.0 Å². The molecule has 1 aromatic rings. The first-order chi connectivity index (χ1) is 10.4. The average Bonchev–Trinajstić information content (AvgIpc) is 2.84. The molecule has 0 saturated heterocycles. The Morgan fingerprint density at radius 2 is 1.95 bits per heavy atom. The molecule has 3 heteroatoms. The standard InChI is InChI=1S/C19H21NO2/c1-12(17-15(21)11-14-18(17)19(14,2)3)20-16(22)10-9-13-7-5-4-6-8-13/h4-10,14,18H,11H2,1-3H3,(H,20,22)/b10-9+,17-12+. The molecule has 2 fully saturated rings. The first kappa shape index (κ1) is 14.8. The van der Waals surface area contributed by atoms with Gasteiger partial charge in [-0.3, -0.25) is 9.59 Å². The molecule has 0 radical (unpaired) electrons. The number of benzene rings is 1. The van der Waals surface area contributed by atoms with Crippen LogP contribution in [-0.2, 0) is 9.59 Å². The molecule has 0 heterocycles. The molecule has 22 heavy (non-hydrogen) atoms. The molecule has 2 aliphatic rings. The summed E-state index contributed by atoms with van der Waals surface area (Å²) < 4.78 is 0. The summed E-state index contributed by atoms with van der Waals surface area (Å²) in [7, 11) is 0. The summed E-state index contributed by atoms with van der Waals surface area (Å²) in [5, 5.41) is 2.85. The smallest absolute Gasteiger partial charge is 0.248 e. The van der Waals surface area contributed by atoms with E-state index in [1.54, 1.807) is 6.08 Å². The highest BCUT2D eigenvalue weighted by Gasteiger charge is 2.65. The number of ketones is 1. The van der Waals surface area contributed by atoms with Gasteiger partial charge in [0.2, 0.25) is 5.91 Å². The first-order valence-electron chi connectivity index (χ1n) is 7.69. The third-order valence-electron chi connectivity index (χ3n) is 5.01. The molecular weight excluding hydrogens is 274 g/mol. The molecule has 1 amide bonds. The Labute approximate surface area is 131 Å². The van der Waals surface area contributed by atoms with Crippen LogP contribution in [0.25, 0.3) is 6.08 Å². The highest BCUT2D eigenvalue weighted by molar-refractivity contribution is 6.02. The van der Waals surface area contributed by atoms with Crippen molar-refractivity contribution in [1.82, 2.24) is 5.32 Å². The second-order valence-electron chi connectivity index (χ2n) is 6.80. The van der Waals surface area contributed by atoms with Crippen LogP contribution in [0.15, 0.2) is 47.7 Å². The van der Waals surface area contributed by atoms with E-state index >= 15 is 0 Å². The fourth-order valence-corrected chi connectivity index (χ4v) is 3.65. The third-order valence-corrected chi connectivity index (χ3v) is 5.01. The lowest BCUT2D eigenvalue weighted by Crippen LogP contribution is -2.23. The van der Waals surface area contributed by atoms with E-state index in [1.807, 2.05) is 37.3 Å². The predicted molar refractivity (Wildman–Crippen MR) is 86.7 cm³/mol. The molecule has 2 unspecified atom stereocenters. The van der Waals surface area contributed by atoms with Crippen LogP contribution in [-0.4, -0.2) is 11.7 Å². The molecule has 3 rings (SSSR count). The number of carbonyl (C=O) groups excluding carboxylic acids is 2. The maximum Gasteiger partial charge on any atom is 0.248 e. The average molecular weight is 295 g/mol. The van der Waals surface area contributed by atoms with Crippen molar-refractivity contribution < 1.29 is 9.59 Å². The quantitative estimate of drug-likeness (QED) is 0.869. The van der Waals surface area contributed by atoms with Crippen molar-refractivity contribution in [2.75, 3.05) is 0 Å². The molecular formula is C19H21NO2. The van der Waals surface area contributed by atoms with E-state index in [1.165, 1.54) is 6.08 Å². The van der Waals surface area contributed by atoms with Gasteiger partial charge in [0.15, 0.2) is 5.78 Å². The van der Waals surface area contributed by atoms with E-state index in [0.717, 1.165) is 11.1 Å². The van der Waals surface area contributed by atoms with Crippen molar-refractivity contribution in [2.24, 2.45) is 17.3 Å². The zero-order valence-electron chi connectivity index (χ0n) is 13.2. The van der Waals surface area contributed by atoms with E-state index in [-0.39, 0.29) is 17.1 Å². The van der Waals surface area contributed by atoms with Crippen molar-refractivity contribution in [3.63, 3.8) is 0 Å². The minimum atomic E-state index is -0.191. The van der Waals surface area contributed by atoms with Crippen LogP contribution >= 0.6 is 0 Å². The van der Waals surface area contributed by atoms with Gasteiger partial charge in [0.05, 0.1) is 0 Å². The van der Waals surface area contributed by atoms with Crippen molar-refractivity contribution in [1.29, 1.82) is 0 Å². The van der Waals surface area contributed by atoms with Gasteiger partial charge in [-0.25, -0.2) is 0 Å². The van der Waals surface area contributed by atoms with E-state index in [9.17, 15) is 9.59 Å². The number of hydrogen-bond acceptors (Lipinski definition) is 2. The SMILES string of the molecule is C/C(NC(=O)/C=C/c1ccccc1)=C1/C(=O)CC2C1C2(C)C. The summed E-state index contributed by atoms with van der Waals surface area (Å²) in [6.07, 6.45) is 3.90. The van der Waals surface area contributed by atoms with Gasteiger partial charge in [-0.1, -0.05) is 44.2 Å². The van der Waals surface area contributed by atoms with E-state index < -0.39 is 0 Å². The van der Waals surface area contributed by atoms with Gasteiger partial charge in [0.1, 0.15) is 0 Å². The Hall–Kier alpha value is -2.16. The fraction of sp³-hybridized carbons (Fsp3) is 0.368. The zero-order chi connectivity index (χ0) is 15.9. The number of fused-ring (bicyclic) bond motifs is 1. The van der Waals surface area contributed by atoms with Crippen LogP contribution < -0.4 is 5.32 Å². The summed E-state index contributed by atoms with van der Waals surface area (Å²) in [6.45, 7) is 6.22. The number of carbonyl (C=O) groups is 2. The van der Waals surface area contributed by atoms with Crippen LogP contribution in [0.3, 0.4) is 0 Å². The Morgan fingerprint density at radius 3 is 2.59 bits per heavy atom. The van der Waals surface area contributed by atoms with E-state index in [2.05, 4.69) is 19.2 Å². The first-order valence-corrected chi connectivity index (χ1v) is 7.69. The van der Waals surface area contributed by atoms with Crippen molar-refractivity contribution in [3.8, 4) is 0 Å². The highest BCUT2D eigenvalue weighted by Crippen LogP contribution is 2.68. The predicted octanol–water partition coefficient (Wildman–Crippen LogP) is 3.34. The van der Waals surface area contributed by atoms with Crippen molar-refractivity contribution in [3.05, 3.63) is 53.2 Å². The van der Waals surface area contributed by atoms with Crippen LogP contribution in [0.2, 0.25) is 0 Å². The normalized spacial score (nSPS) is 27.7. The number of nitrogens with one attached hydrogen (secondary N) is 1. The van der Waals surface area contributed by atoms with Gasteiger partial charge in [-0.2, -0.15) is 0 Å². The maximum atomic E-state index is 12.1. The number of allylic oxidation sites excluding steroid dienone is 2. The van der Waals surface area contributed by atoms with Gasteiger partial charge >= 0.3 is 0 Å². The maximum absolute atomic E-state index is 12.1. The number of Topliss-reactive ketones (excluding diaryl/α,β-unsaturated/α-hetero) is 1. The summed E-state index contributed by atoms with van der Waals surface area (Å²) in [5.74, 6) is 0.780. The van der Waals surface area contributed by atoms with Gasteiger partial charge in [0, 0.05) is 23.8 Å². The van der Waals surface area contributed by atoms with Crippen molar-refractivity contribution >= 4 is 17.8 Å². The summed E-state index contributed by atoms with van der Waals surface area (Å²) >= 11 is 0. The molecule has 114 valence electrons. The van der Waals surface area contributed by atoms with Gasteiger partial charge < -0.3 is 5.32 Å². The van der Waals surface area contributed by atoms with E-state index in [4.69, 9.17) is 0 Å². The molecule has 3 nitrogen and oxygen atoms in total. The molecule has 2 atom stereocenters. The second-order valence-corrected chi connectivity index (χ2v) is 6.80. The Balaban J connectivity index is 1.70. The summed E-state index contributed by atoms with van der Waals surface area (Å²) in [6, 6.07) is 9.67. The van der Waals surface area contributed by atoms with Gasteiger partial charge in [-0.05, 0) is 35.8 Å². The molecule has 1 N–H and O–H groups in total. The molecule has 0 bridgehead atoms. The minimum Gasteiger partial charge on any atom is -0.326 e. The summed E-state index contributed by atoms with van der Waals surface area (Å²) in [4.78, 5) is 24.1. The highest BCUT2D eigenvalue weighted by atomic mass is 16.1. The second kappa shape index (κ2) is 5.24. The largest absolute Gasteiger partial charge is 0.326 e. The monoisotopic (exact) mass is 295 g/mol. The van der Waals surface area contributed by atoms with Gasteiger partial charge in [0.25, 0.3) is 0 Å². The number of rotatable bonds is 3. The molecule has 2 saturated carbocycles. The van der Waals surface area contributed by atoms with Crippen LogP contribution in [0, 0.1) is 17.3 Å². The van der Waals surface area contributed by atoms with Crippen LogP contribution in [0.5, 0.6) is 0 Å². The summed E-state index contributed by atoms with van der Waals surface area (Å²) in [5.41, 5.74) is 2.72. The lowest BCUT2D eigenvalue weighted by atomic mass is 9.95. The Bertz CT molecular complexity index is 683. The molecule has 0 spiro atoms. The fourth-order valence-electron chi connectivity index (χ4n) is 3.65. The van der Waals surface area contributed by atoms with Gasteiger partial charge in [-0.15, -0.1) is 0 Å². The minimum absolute atomic E-state index is 0.191. The van der Waals surface area contributed by atoms with Crippen molar-refractivity contribution in [2.45, 2.75) is 27.2 Å². The zero-order valence-corrected chi connectivity index (χ0v) is 13.2. The molecule has 2 aliphatic carbocycles. The molecule has 1 aromatic carbocycles. The molecule has 0 aliphatic heterocycles. The number of hydrogen-bond donors (Lipinski definition) is 1. The lowest BCUT2D eigenvalue weighted by molar-refractivity contribution is -0.115. The Kier molecular flexibility index (Phi) is 3.51.